The van der Waals surface area contributed by atoms with E-state index in [1.807, 2.05) is 35.8 Å². The minimum atomic E-state index is -2.94. The number of sulfone groups is 1. The first kappa shape index (κ1) is 20.8. The van der Waals surface area contributed by atoms with E-state index in [0.717, 1.165) is 11.7 Å². The van der Waals surface area contributed by atoms with Gasteiger partial charge in [-0.05, 0) is 17.9 Å². The zero-order valence-electron chi connectivity index (χ0n) is 15.4. The fourth-order valence-corrected chi connectivity index (χ4v) is 3.49. The van der Waals surface area contributed by atoms with Crippen LogP contribution >= 0.6 is 11.6 Å². The van der Waals surface area contributed by atoms with E-state index in [-0.39, 0.29) is 11.2 Å². The third-order valence-electron chi connectivity index (χ3n) is 3.92. The summed E-state index contributed by atoms with van der Waals surface area (Å²) in [6.45, 7) is 5.42. The molecule has 0 fully saturated rings. The number of aliphatic imine (C=N–C) groups is 1. The molecule has 1 aromatic heterocycles. The van der Waals surface area contributed by atoms with Crippen molar-refractivity contribution in [3.63, 3.8) is 0 Å². The van der Waals surface area contributed by atoms with Crippen LogP contribution in [0.5, 0.6) is 0 Å². The molecule has 0 unspecified atom stereocenters. The molecule has 138 valence electrons. The molecule has 1 rings (SSSR count). The summed E-state index contributed by atoms with van der Waals surface area (Å²) in [5.41, 5.74) is 0.940. The molecule has 24 heavy (non-hydrogen) atoms. The minimum Gasteiger partial charge on any atom is -0.356 e. The van der Waals surface area contributed by atoms with E-state index in [4.69, 9.17) is 11.6 Å². The van der Waals surface area contributed by atoms with E-state index >= 15 is 0 Å². The molecule has 1 aromatic rings. The van der Waals surface area contributed by atoms with Gasteiger partial charge in [0.1, 0.15) is 9.84 Å². The zero-order valence-corrected chi connectivity index (χ0v) is 17.0. The Hall–Kier alpha value is -1.21. The molecule has 8 heteroatoms. The molecular weight excluding hydrogens is 348 g/mol. The van der Waals surface area contributed by atoms with Gasteiger partial charge in [-0.15, -0.1) is 0 Å². The Bertz CT molecular complexity index is 680. The maximum atomic E-state index is 11.4. The topological polar surface area (TPSA) is 66.7 Å². The van der Waals surface area contributed by atoms with Gasteiger partial charge in [0.15, 0.2) is 5.96 Å². The van der Waals surface area contributed by atoms with Crippen molar-refractivity contribution in [3.05, 3.63) is 23.0 Å². The van der Waals surface area contributed by atoms with Crippen LogP contribution < -0.4 is 5.32 Å². The van der Waals surface area contributed by atoms with Crippen LogP contribution in [0.4, 0.5) is 0 Å². The lowest BCUT2D eigenvalue weighted by Crippen LogP contribution is -2.43. The van der Waals surface area contributed by atoms with Gasteiger partial charge in [-0.1, -0.05) is 25.4 Å². The average molecular weight is 377 g/mol. The van der Waals surface area contributed by atoms with Crippen molar-refractivity contribution >= 4 is 27.4 Å². The van der Waals surface area contributed by atoms with Gasteiger partial charge in [-0.3, -0.25) is 4.99 Å². The molecule has 0 saturated heterocycles. The molecule has 1 heterocycles. The molecule has 0 saturated carbocycles. The predicted octanol–water partition coefficient (Wildman–Crippen LogP) is 2.15. The summed E-state index contributed by atoms with van der Waals surface area (Å²) in [7, 11) is 2.71. The smallest absolute Gasteiger partial charge is 0.193 e. The SMILES string of the molecule is CN=C(NCC(C)(C)CCS(C)(=O)=O)N(C)Cc1cc(Cl)cn1C. The van der Waals surface area contributed by atoms with Gasteiger partial charge in [0.05, 0.1) is 17.3 Å². The Morgan fingerprint density at radius 1 is 1.46 bits per heavy atom. The Balaban J connectivity index is 2.62. The Labute approximate surface area is 150 Å². The van der Waals surface area contributed by atoms with Crippen molar-refractivity contribution in [2.75, 3.05) is 32.6 Å². The lowest BCUT2D eigenvalue weighted by molar-refractivity contribution is 0.339. The number of rotatable bonds is 7. The lowest BCUT2D eigenvalue weighted by atomic mass is 9.90. The van der Waals surface area contributed by atoms with Crippen LogP contribution in [0.1, 0.15) is 26.0 Å². The van der Waals surface area contributed by atoms with Gasteiger partial charge < -0.3 is 14.8 Å². The average Bonchev–Trinajstić information content (AvgIpc) is 2.74. The number of aromatic nitrogens is 1. The highest BCUT2D eigenvalue weighted by Crippen LogP contribution is 2.20. The lowest BCUT2D eigenvalue weighted by Gasteiger charge is -2.28. The number of aryl methyl sites for hydroxylation is 1. The zero-order chi connectivity index (χ0) is 18.5. The standard InChI is InChI=1S/C16H29ClN4O2S/c1-16(2,7-8-24(6,22)23)12-19-15(18-3)21(5)11-14-9-13(17)10-20(14)4/h9-10H,7-8,11-12H2,1-6H3,(H,18,19). The summed E-state index contributed by atoms with van der Waals surface area (Å²) in [6.07, 6.45) is 3.75. The van der Waals surface area contributed by atoms with E-state index in [1.165, 1.54) is 6.26 Å². The van der Waals surface area contributed by atoms with Crippen molar-refractivity contribution in [1.29, 1.82) is 0 Å². The molecule has 0 spiro atoms. The summed E-state index contributed by atoms with van der Waals surface area (Å²) in [4.78, 5) is 6.32. The van der Waals surface area contributed by atoms with Crippen LogP contribution in [0, 0.1) is 5.41 Å². The van der Waals surface area contributed by atoms with Crippen LogP contribution in [-0.2, 0) is 23.4 Å². The van der Waals surface area contributed by atoms with E-state index in [1.54, 1.807) is 7.05 Å². The van der Waals surface area contributed by atoms with Gasteiger partial charge in [-0.25, -0.2) is 8.42 Å². The molecule has 0 bridgehead atoms. The third kappa shape index (κ3) is 7.13. The summed E-state index contributed by atoms with van der Waals surface area (Å²) in [5.74, 6) is 0.956. The first-order valence-electron chi connectivity index (χ1n) is 7.84. The first-order chi connectivity index (χ1) is 10.9. The van der Waals surface area contributed by atoms with E-state index in [9.17, 15) is 8.42 Å². The fourth-order valence-electron chi connectivity index (χ4n) is 2.29. The highest BCUT2D eigenvalue weighted by Gasteiger charge is 2.21. The highest BCUT2D eigenvalue weighted by molar-refractivity contribution is 7.90. The second-order valence-corrected chi connectivity index (χ2v) is 9.76. The second kappa shape index (κ2) is 8.25. The molecule has 0 aromatic carbocycles. The molecule has 1 N–H and O–H groups in total. The summed E-state index contributed by atoms with van der Waals surface area (Å²) in [6, 6.07) is 1.93. The molecule has 0 radical (unpaired) electrons. The number of nitrogens with one attached hydrogen (secondary N) is 1. The van der Waals surface area contributed by atoms with E-state index < -0.39 is 9.84 Å². The Kier molecular flexibility index (Phi) is 7.16. The van der Waals surface area contributed by atoms with Gasteiger partial charge >= 0.3 is 0 Å². The van der Waals surface area contributed by atoms with Crippen molar-refractivity contribution < 1.29 is 8.42 Å². The molecular formula is C16H29ClN4O2S. The van der Waals surface area contributed by atoms with Gasteiger partial charge in [0.2, 0.25) is 0 Å². The van der Waals surface area contributed by atoms with Gasteiger partial charge in [0.25, 0.3) is 0 Å². The van der Waals surface area contributed by atoms with Crippen molar-refractivity contribution in [1.82, 2.24) is 14.8 Å². The maximum absolute atomic E-state index is 11.4. The van der Waals surface area contributed by atoms with Crippen molar-refractivity contribution in [2.24, 2.45) is 17.5 Å². The molecule has 0 aliphatic heterocycles. The fraction of sp³-hybridized carbons (Fsp3) is 0.688. The van der Waals surface area contributed by atoms with Crippen molar-refractivity contribution in [2.45, 2.75) is 26.8 Å². The first-order valence-corrected chi connectivity index (χ1v) is 10.3. The number of hydrogen-bond acceptors (Lipinski definition) is 3. The van der Waals surface area contributed by atoms with Gasteiger partial charge in [0, 0.05) is 45.8 Å². The van der Waals surface area contributed by atoms with Crippen LogP contribution in [0.3, 0.4) is 0 Å². The number of nitrogens with zero attached hydrogens (tertiary/aromatic N) is 3. The second-order valence-electron chi connectivity index (χ2n) is 7.06. The quantitative estimate of drug-likeness (QED) is 0.585. The minimum absolute atomic E-state index is 0.145. The third-order valence-corrected chi connectivity index (χ3v) is 5.07. The normalized spacial score (nSPS) is 13.2. The predicted molar refractivity (Wildman–Crippen MR) is 101 cm³/mol. The maximum Gasteiger partial charge on any atom is 0.193 e. The van der Waals surface area contributed by atoms with E-state index in [2.05, 4.69) is 24.2 Å². The molecule has 0 amide bonds. The van der Waals surface area contributed by atoms with Crippen LogP contribution in [-0.4, -0.2) is 56.5 Å². The largest absolute Gasteiger partial charge is 0.356 e. The van der Waals surface area contributed by atoms with Crippen LogP contribution in [0.15, 0.2) is 17.3 Å². The van der Waals surface area contributed by atoms with Crippen LogP contribution in [0.25, 0.3) is 0 Å². The van der Waals surface area contributed by atoms with Crippen LogP contribution in [0.2, 0.25) is 5.02 Å². The van der Waals surface area contributed by atoms with Crippen molar-refractivity contribution in [3.8, 4) is 0 Å². The van der Waals surface area contributed by atoms with E-state index in [0.29, 0.717) is 24.5 Å². The number of guanidine groups is 1. The summed E-state index contributed by atoms with van der Waals surface area (Å²) in [5, 5.41) is 4.04. The molecule has 0 aliphatic carbocycles. The summed E-state index contributed by atoms with van der Waals surface area (Å²) >= 11 is 6.02. The number of hydrogen-bond donors (Lipinski definition) is 1. The molecule has 0 aliphatic rings. The molecule has 0 atom stereocenters. The van der Waals surface area contributed by atoms with Gasteiger partial charge in [-0.2, -0.15) is 0 Å². The molecule has 6 nitrogen and oxygen atoms in total. The Morgan fingerprint density at radius 3 is 2.54 bits per heavy atom. The monoisotopic (exact) mass is 376 g/mol. The summed E-state index contributed by atoms with van der Waals surface area (Å²) < 4.78 is 24.7. The highest BCUT2D eigenvalue weighted by atomic mass is 35.5. The Morgan fingerprint density at radius 2 is 2.08 bits per heavy atom. The number of halogens is 1.